The van der Waals surface area contributed by atoms with Gasteiger partial charge in [0.2, 0.25) is 6.10 Å². The van der Waals surface area contributed by atoms with Gasteiger partial charge in [0.25, 0.3) is 5.91 Å². The van der Waals surface area contributed by atoms with Gasteiger partial charge in [0.1, 0.15) is 6.61 Å². The maximum absolute atomic E-state index is 12.7. The molecule has 1 aromatic rings. The van der Waals surface area contributed by atoms with Gasteiger partial charge >= 0.3 is 0 Å². The molecule has 2 aliphatic heterocycles. The Morgan fingerprint density at radius 1 is 1.08 bits per heavy atom. The zero-order valence-corrected chi connectivity index (χ0v) is 14.3. The van der Waals surface area contributed by atoms with Gasteiger partial charge in [-0.15, -0.1) is 0 Å². The monoisotopic (exact) mass is 347 g/mol. The number of carbonyl (C=O) groups is 1. The summed E-state index contributed by atoms with van der Waals surface area (Å²) in [5, 5.41) is 4.17. The number of nitrogens with one attached hydrogen (secondary N) is 1. The van der Waals surface area contributed by atoms with E-state index in [1.54, 1.807) is 0 Å². The number of thiocarbonyl (C=S) groups is 1. The van der Waals surface area contributed by atoms with E-state index in [4.69, 9.17) is 21.7 Å². The fourth-order valence-electron chi connectivity index (χ4n) is 2.97. The molecule has 1 saturated carbocycles. The van der Waals surface area contributed by atoms with Crippen LogP contribution in [0.2, 0.25) is 0 Å². The molecule has 0 bridgehead atoms. The summed E-state index contributed by atoms with van der Waals surface area (Å²) in [4.78, 5) is 16.7. The fraction of sp³-hybridized carbons (Fsp3) is 0.529. The number of piperazine rings is 1. The lowest BCUT2D eigenvalue weighted by molar-refractivity contribution is -0.142. The number of hydrogen-bond acceptors (Lipinski definition) is 4. The first-order chi connectivity index (χ1) is 11.7. The summed E-state index contributed by atoms with van der Waals surface area (Å²) in [6.45, 7) is 3.10. The number of ether oxygens (including phenoxy) is 2. The van der Waals surface area contributed by atoms with E-state index in [0.717, 1.165) is 18.2 Å². The molecule has 1 unspecified atom stereocenters. The average molecular weight is 347 g/mol. The molecular formula is C17H21N3O3S. The minimum absolute atomic E-state index is 0.00905. The fourth-order valence-corrected chi connectivity index (χ4v) is 3.32. The lowest BCUT2D eigenvalue weighted by Gasteiger charge is -2.38. The van der Waals surface area contributed by atoms with Crippen LogP contribution in [-0.2, 0) is 4.79 Å². The largest absolute Gasteiger partial charge is 0.485 e. The van der Waals surface area contributed by atoms with Crippen molar-refractivity contribution in [3.8, 4) is 11.5 Å². The Hall–Kier alpha value is -2.02. The molecule has 7 heteroatoms. The normalized spacial score (nSPS) is 22.9. The Balaban J connectivity index is 1.31. The molecule has 1 N–H and O–H groups in total. The smallest absolute Gasteiger partial charge is 0.267 e. The minimum atomic E-state index is -0.567. The van der Waals surface area contributed by atoms with Gasteiger partial charge in [-0.3, -0.25) is 4.79 Å². The van der Waals surface area contributed by atoms with Crippen molar-refractivity contribution in [2.45, 2.75) is 25.0 Å². The van der Waals surface area contributed by atoms with Crippen molar-refractivity contribution < 1.29 is 14.3 Å². The highest BCUT2D eigenvalue weighted by Gasteiger charge is 2.33. The molecule has 2 heterocycles. The molecule has 0 aromatic heterocycles. The third-order valence-corrected chi connectivity index (χ3v) is 4.94. The van der Waals surface area contributed by atoms with E-state index in [1.165, 1.54) is 12.8 Å². The zero-order valence-electron chi connectivity index (χ0n) is 13.4. The summed E-state index contributed by atoms with van der Waals surface area (Å²) >= 11 is 5.43. The third-order valence-electron chi connectivity index (χ3n) is 4.57. The Morgan fingerprint density at radius 2 is 1.75 bits per heavy atom. The molecule has 128 valence electrons. The maximum atomic E-state index is 12.7. The predicted molar refractivity (Wildman–Crippen MR) is 93.3 cm³/mol. The van der Waals surface area contributed by atoms with Crippen molar-refractivity contribution in [1.82, 2.24) is 15.1 Å². The van der Waals surface area contributed by atoms with E-state index in [-0.39, 0.29) is 12.5 Å². The van der Waals surface area contributed by atoms with Crippen LogP contribution in [0.4, 0.5) is 0 Å². The molecule has 0 radical (unpaired) electrons. The van der Waals surface area contributed by atoms with Crippen LogP contribution in [0, 0.1) is 0 Å². The molecular weight excluding hydrogens is 326 g/mol. The second-order valence-corrected chi connectivity index (χ2v) is 6.79. The van der Waals surface area contributed by atoms with E-state index in [1.807, 2.05) is 29.2 Å². The van der Waals surface area contributed by atoms with Crippen LogP contribution in [0.15, 0.2) is 24.3 Å². The average Bonchev–Trinajstić information content (AvgIpc) is 3.45. The van der Waals surface area contributed by atoms with E-state index >= 15 is 0 Å². The Kier molecular flexibility index (Phi) is 4.18. The van der Waals surface area contributed by atoms with Crippen LogP contribution >= 0.6 is 12.2 Å². The number of carbonyl (C=O) groups excluding carboxylic acids is 1. The molecule has 1 saturated heterocycles. The molecule has 1 aliphatic carbocycles. The van der Waals surface area contributed by atoms with Gasteiger partial charge < -0.3 is 24.6 Å². The number of fused-ring (bicyclic) bond motifs is 1. The Labute approximate surface area is 146 Å². The van der Waals surface area contributed by atoms with Crippen molar-refractivity contribution >= 4 is 23.2 Å². The molecule has 1 atom stereocenters. The summed E-state index contributed by atoms with van der Waals surface area (Å²) in [6.07, 6.45) is 1.85. The summed E-state index contributed by atoms with van der Waals surface area (Å²) in [6, 6.07) is 8.01. The van der Waals surface area contributed by atoms with Crippen LogP contribution < -0.4 is 14.8 Å². The van der Waals surface area contributed by atoms with Crippen LogP contribution in [0.3, 0.4) is 0 Å². The number of nitrogens with zero attached hydrogens (tertiary/aromatic N) is 2. The Bertz CT molecular complexity index is 642. The number of hydrogen-bond donors (Lipinski definition) is 1. The second kappa shape index (κ2) is 6.47. The molecule has 2 fully saturated rings. The number of rotatable bonds is 2. The van der Waals surface area contributed by atoms with Gasteiger partial charge in [0.15, 0.2) is 16.6 Å². The Morgan fingerprint density at radius 3 is 2.46 bits per heavy atom. The van der Waals surface area contributed by atoms with Gasteiger partial charge in [-0.05, 0) is 37.2 Å². The highest BCUT2D eigenvalue weighted by Crippen LogP contribution is 2.31. The van der Waals surface area contributed by atoms with E-state index in [0.29, 0.717) is 30.6 Å². The van der Waals surface area contributed by atoms with Gasteiger partial charge in [0, 0.05) is 32.2 Å². The third kappa shape index (κ3) is 3.26. The van der Waals surface area contributed by atoms with Crippen molar-refractivity contribution in [1.29, 1.82) is 0 Å². The van der Waals surface area contributed by atoms with Gasteiger partial charge in [-0.1, -0.05) is 12.1 Å². The highest BCUT2D eigenvalue weighted by molar-refractivity contribution is 7.80. The van der Waals surface area contributed by atoms with Crippen molar-refractivity contribution in [2.75, 3.05) is 32.8 Å². The predicted octanol–water partition coefficient (Wildman–Crippen LogP) is 1.01. The van der Waals surface area contributed by atoms with Crippen LogP contribution in [0.1, 0.15) is 12.8 Å². The summed E-state index contributed by atoms with van der Waals surface area (Å²) in [5.41, 5.74) is 0. The second-order valence-electron chi connectivity index (χ2n) is 6.40. The molecule has 4 rings (SSSR count). The van der Waals surface area contributed by atoms with Gasteiger partial charge in [-0.25, -0.2) is 0 Å². The van der Waals surface area contributed by atoms with Crippen LogP contribution in [0.5, 0.6) is 11.5 Å². The number of amides is 1. The highest BCUT2D eigenvalue weighted by atomic mass is 32.1. The molecule has 1 aromatic carbocycles. The molecule has 24 heavy (non-hydrogen) atoms. The van der Waals surface area contributed by atoms with Crippen LogP contribution in [-0.4, -0.2) is 65.8 Å². The lowest BCUT2D eigenvalue weighted by atomic mass is 10.2. The van der Waals surface area contributed by atoms with Gasteiger partial charge in [-0.2, -0.15) is 0 Å². The SMILES string of the molecule is O=C(C1COc2ccccc2O1)N1CCN(C(=S)NC2CC2)CC1. The quantitative estimate of drug-likeness (QED) is 0.806. The maximum Gasteiger partial charge on any atom is 0.267 e. The summed E-state index contributed by atoms with van der Waals surface area (Å²) in [7, 11) is 0. The van der Waals surface area contributed by atoms with Crippen molar-refractivity contribution in [3.05, 3.63) is 24.3 Å². The molecule has 6 nitrogen and oxygen atoms in total. The van der Waals surface area contributed by atoms with E-state index in [9.17, 15) is 4.79 Å². The van der Waals surface area contributed by atoms with Crippen molar-refractivity contribution in [3.63, 3.8) is 0 Å². The lowest BCUT2D eigenvalue weighted by Crippen LogP contribution is -2.56. The minimum Gasteiger partial charge on any atom is -0.485 e. The van der Waals surface area contributed by atoms with Crippen molar-refractivity contribution in [2.24, 2.45) is 0 Å². The number of para-hydroxylation sites is 2. The van der Waals surface area contributed by atoms with E-state index < -0.39 is 6.10 Å². The standard InChI is InChI=1S/C17H21N3O3S/c21-16(15-11-22-13-3-1-2-4-14(13)23-15)19-7-9-20(10-8-19)17(24)18-12-5-6-12/h1-4,12,15H,5-11H2,(H,18,24). The topological polar surface area (TPSA) is 54.0 Å². The van der Waals surface area contributed by atoms with E-state index in [2.05, 4.69) is 10.2 Å². The first-order valence-electron chi connectivity index (χ1n) is 8.43. The summed E-state index contributed by atoms with van der Waals surface area (Å²) < 4.78 is 11.5. The van der Waals surface area contributed by atoms with Gasteiger partial charge in [0.05, 0.1) is 0 Å². The summed E-state index contributed by atoms with van der Waals surface area (Å²) in [5.74, 6) is 1.32. The number of benzene rings is 1. The molecule has 3 aliphatic rings. The first-order valence-corrected chi connectivity index (χ1v) is 8.84. The first kappa shape index (κ1) is 15.5. The zero-order chi connectivity index (χ0) is 16.5. The molecule has 1 amide bonds. The van der Waals surface area contributed by atoms with Crippen LogP contribution in [0.25, 0.3) is 0 Å². The molecule has 0 spiro atoms.